The molecule has 0 spiro atoms. The summed E-state index contributed by atoms with van der Waals surface area (Å²) >= 11 is 0. The van der Waals surface area contributed by atoms with Gasteiger partial charge in [-0.05, 0) is 86.0 Å². The SMILES string of the molecule is C.C=C(C)C(C)(C)C.C=C1C=CC2(C)C3=CCC4(C)C(C(=C)CC)CCC4C3C[C@H](C)C2=C1.CC. The molecule has 4 aliphatic rings. The molecule has 0 aromatic rings. The van der Waals surface area contributed by atoms with E-state index in [-0.39, 0.29) is 12.8 Å². The number of hydrogen-bond acceptors (Lipinski definition) is 0. The second-order valence-electron chi connectivity index (χ2n) is 12.6. The van der Waals surface area contributed by atoms with Gasteiger partial charge in [0.2, 0.25) is 0 Å². The lowest BCUT2D eigenvalue weighted by atomic mass is 9.50. The summed E-state index contributed by atoms with van der Waals surface area (Å²) in [6, 6.07) is 0. The van der Waals surface area contributed by atoms with E-state index < -0.39 is 0 Å². The van der Waals surface area contributed by atoms with E-state index in [1.807, 2.05) is 13.8 Å². The lowest BCUT2D eigenvalue weighted by molar-refractivity contribution is 0.0944. The molecule has 0 heterocycles. The van der Waals surface area contributed by atoms with Crippen molar-refractivity contribution in [1.29, 1.82) is 0 Å². The third-order valence-electron chi connectivity index (χ3n) is 9.59. The molecule has 0 amide bonds. The fraction of sp³-hybridized carbons (Fsp3) is 0.657. The Kier molecular flexibility index (Phi) is 10.5. The van der Waals surface area contributed by atoms with Crippen LogP contribution < -0.4 is 0 Å². The minimum atomic E-state index is 0. The summed E-state index contributed by atoms with van der Waals surface area (Å²) in [6.45, 7) is 34.7. The van der Waals surface area contributed by atoms with Crippen molar-refractivity contribution >= 4 is 0 Å². The topological polar surface area (TPSA) is 0 Å². The molecule has 0 aliphatic heterocycles. The van der Waals surface area contributed by atoms with Gasteiger partial charge in [-0.1, -0.05) is 129 Å². The predicted octanol–water partition coefficient (Wildman–Crippen LogP) is 11.3. The first kappa shape index (κ1) is 31.5. The number of fused-ring (bicyclic) bond motifs is 5. The summed E-state index contributed by atoms with van der Waals surface area (Å²) in [5.74, 6) is 2.97. The largest absolute Gasteiger partial charge is 0.0996 e. The molecule has 0 N–H and O–H groups in total. The molecule has 0 aromatic carbocycles. The molecule has 0 radical (unpaired) electrons. The smallest absolute Gasteiger partial charge is 0.0284 e. The summed E-state index contributed by atoms with van der Waals surface area (Å²) in [5, 5.41) is 0. The average molecular weight is 479 g/mol. The van der Waals surface area contributed by atoms with Crippen LogP contribution in [0.3, 0.4) is 0 Å². The number of allylic oxidation sites excluding steroid dienone is 9. The third-order valence-corrected chi connectivity index (χ3v) is 9.59. The van der Waals surface area contributed by atoms with Crippen LogP contribution in [0.4, 0.5) is 0 Å². The van der Waals surface area contributed by atoms with E-state index in [1.54, 1.807) is 11.1 Å². The van der Waals surface area contributed by atoms with Crippen LogP contribution in [0.2, 0.25) is 0 Å². The average Bonchev–Trinajstić information content (AvgIpc) is 3.13. The van der Waals surface area contributed by atoms with Crippen molar-refractivity contribution < 1.29 is 0 Å². The van der Waals surface area contributed by atoms with Crippen molar-refractivity contribution in [2.45, 2.75) is 109 Å². The number of rotatable bonds is 2. The van der Waals surface area contributed by atoms with Gasteiger partial charge in [0.05, 0.1) is 0 Å². The summed E-state index contributed by atoms with van der Waals surface area (Å²) in [5.41, 5.74) is 8.08. The van der Waals surface area contributed by atoms with E-state index in [4.69, 9.17) is 0 Å². The Morgan fingerprint density at radius 1 is 1.09 bits per heavy atom. The fourth-order valence-electron chi connectivity index (χ4n) is 6.91. The van der Waals surface area contributed by atoms with E-state index in [1.165, 1.54) is 42.4 Å². The molecule has 4 aliphatic carbocycles. The minimum absolute atomic E-state index is 0. The molecule has 0 saturated heterocycles. The molecule has 0 nitrogen and oxygen atoms in total. The zero-order valence-electron chi connectivity index (χ0n) is 24.3. The van der Waals surface area contributed by atoms with Gasteiger partial charge in [0, 0.05) is 5.41 Å². The zero-order valence-corrected chi connectivity index (χ0v) is 24.3. The highest BCUT2D eigenvalue weighted by atomic mass is 14.6. The van der Waals surface area contributed by atoms with Crippen molar-refractivity contribution in [3.8, 4) is 0 Å². The second-order valence-corrected chi connectivity index (χ2v) is 12.6. The lowest BCUT2D eigenvalue weighted by Crippen LogP contribution is -2.45. The Balaban J connectivity index is 0.000000533. The highest BCUT2D eigenvalue weighted by Crippen LogP contribution is 2.65. The van der Waals surface area contributed by atoms with Crippen LogP contribution in [0.25, 0.3) is 0 Å². The van der Waals surface area contributed by atoms with Gasteiger partial charge in [-0.25, -0.2) is 0 Å². The lowest BCUT2D eigenvalue weighted by Gasteiger charge is -2.54. The molecule has 2 fully saturated rings. The fourth-order valence-corrected chi connectivity index (χ4v) is 6.91. The van der Waals surface area contributed by atoms with Crippen LogP contribution in [0.5, 0.6) is 0 Å². The van der Waals surface area contributed by atoms with E-state index in [0.717, 1.165) is 24.2 Å². The molecule has 0 heteroatoms. The second kappa shape index (κ2) is 11.7. The summed E-state index contributed by atoms with van der Waals surface area (Å²) < 4.78 is 0. The summed E-state index contributed by atoms with van der Waals surface area (Å²) in [6.07, 6.45) is 16.1. The Morgan fingerprint density at radius 3 is 2.17 bits per heavy atom. The molecule has 198 valence electrons. The highest BCUT2D eigenvalue weighted by molar-refractivity contribution is 5.51. The zero-order chi connectivity index (χ0) is 26.1. The van der Waals surface area contributed by atoms with Gasteiger partial charge in [0.1, 0.15) is 0 Å². The molecule has 6 atom stereocenters. The van der Waals surface area contributed by atoms with Crippen molar-refractivity contribution in [2.24, 2.45) is 39.9 Å². The number of hydrogen-bond donors (Lipinski definition) is 0. The van der Waals surface area contributed by atoms with Gasteiger partial charge in [-0.2, -0.15) is 0 Å². The molecular weight excluding hydrogens is 420 g/mol. The maximum atomic E-state index is 4.45. The van der Waals surface area contributed by atoms with Gasteiger partial charge in [-0.15, -0.1) is 0 Å². The maximum Gasteiger partial charge on any atom is 0.0284 e. The first-order chi connectivity index (χ1) is 15.8. The van der Waals surface area contributed by atoms with Crippen molar-refractivity contribution in [3.05, 3.63) is 71.9 Å². The predicted molar refractivity (Wildman–Crippen MR) is 161 cm³/mol. The molecule has 0 bridgehead atoms. The van der Waals surface area contributed by atoms with Crippen LogP contribution in [0.1, 0.15) is 109 Å². The normalized spacial score (nSPS) is 34.7. The third kappa shape index (κ3) is 5.89. The molecule has 35 heavy (non-hydrogen) atoms. The summed E-state index contributed by atoms with van der Waals surface area (Å²) in [4.78, 5) is 0. The molecule has 0 aromatic heterocycles. The van der Waals surface area contributed by atoms with Crippen LogP contribution in [0.15, 0.2) is 71.9 Å². The monoisotopic (exact) mass is 478 g/mol. The Hall–Kier alpha value is -1.56. The summed E-state index contributed by atoms with van der Waals surface area (Å²) in [7, 11) is 0. The molecule has 5 unspecified atom stereocenters. The highest BCUT2D eigenvalue weighted by Gasteiger charge is 2.56. The quantitative estimate of drug-likeness (QED) is 0.346. The van der Waals surface area contributed by atoms with Gasteiger partial charge in [0.25, 0.3) is 0 Å². The molecule has 4 rings (SSSR count). The first-order valence-electron chi connectivity index (χ1n) is 13.9. The maximum absolute atomic E-state index is 4.45. The van der Waals surface area contributed by atoms with E-state index in [9.17, 15) is 0 Å². The van der Waals surface area contributed by atoms with Crippen molar-refractivity contribution in [2.75, 3.05) is 0 Å². The molecule has 2 saturated carbocycles. The minimum Gasteiger partial charge on any atom is -0.0996 e. The van der Waals surface area contributed by atoms with Gasteiger partial charge >= 0.3 is 0 Å². The van der Waals surface area contributed by atoms with Crippen LogP contribution in [-0.4, -0.2) is 0 Å². The Labute approximate surface area is 220 Å². The van der Waals surface area contributed by atoms with E-state index >= 15 is 0 Å². The first-order valence-corrected chi connectivity index (χ1v) is 13.9. The Bertz CT molecular complexity index is 881. The van der Waals surface area contributed by atoms with Gasteiger partial charge in [-0.3, -0.25) is 0 Å². The van der Waals surface area contributed by atoms with Crippen LogP contribution >= 0.6 is 0 Å². The van der Waals surface area contributed by atoms with Crippen molar-refractivity contribution in [1.82, 2.24) is 0 Å². The van der Waals surface area contributed by atoms with E-state index in [2.05, 4.69) is 99.4 Å². The van der Waals surface area contributed by atoms with Crippen LogP contribution in [-0.2, 0) is 0 Å². The standard InChI is InChI=1S/C25H34.C7H14.C2H6.CH4/c1-7-17(3)20-8-9-21-19-15-18(4)23-14-16(2)10-12-25(23,6)22(19)11-13-24(20,21)5;1-6(2)7(3,4)5;1-2;/h10-12,14,18-21H,2-3,7-9,13,15H2,1,4-6H3;1H2,2-5H3;1-2H3;1H4/t18-,19?,20?,21?,24?,25?;;;/m0.../s1. The van der Waals surface area contributed by atoms with Gasteiger partial charge < -0.3 is 0 Å². The Morgan fingerprint density at radius 2 is 1.66 bits per heavy atom. The van der Waals surface area contributed by atoms with Crippen LogP contribution in [0, 0.1) is 39.9 Å². The molecular formula is C35H58. The van der Waals surface area contributed by atoms with E-state index in [0.29, 0.717) is 16.7 Å². The van der Waals surface area contributed by atoms with Gasteiger partial charge in [0.15, 0.2) is 0 Å². The van der Waals surface area contributed by atoms with Crippen molar-refractivity contribution in [3.63, 3.8) is 0 Å².